The van der Waals surface area contributed by atoms with Gasteiger partial charge in [-0.1, -0.05) is 13.8 Å². The number of carbonyl (C=O) groups is 1. The highest BCUT2D eigenvalue weighted by molar-refractivity contribution is 5.92. The quantitative estimate of drug-likeness (QED) is 0.851. The van der Waals surface area contributed by atoms with Crippen molar-refractivity contribution in [3.63, 3.8) is 0 Å². The van der Waals surface area contributed by atoms with Crippen LogP contribution >= 0.6 is 0 Å². The lowest BCUT2D eigenvalue weighted by atomic mass is 9.98. The molecule has 2 aromatic rings. The minimum absolute atomic E-state index is 0.107. The molecule has 1 aliphatic heterocycles. The van der Waals surface area contributed by atoms with Crippen molar-refractivity contribution in [2.75, 3.05) is 20.8 Å². The Bertz CT molecular complexity index is 795. The molecule has 1 amide bonds. The monoisotopic (exact) mass is 344 g/mol. The molecule has 2 heterocycles. The Balaban J connectivity index is 1.89. The van der Waals surface area contributed by atoms with Crippen LogP contribution in [-0.2, 0) is 13.0 Å². The normalized spacial score (nSPS) is 13.8. The topological polar surface area (TPSA) is 64.8 Å². The fourth-order valence-corrected chi connectivity index (χ4v) is 3.19. The average molecular weight is 344 g/mol. The van der Waals surface area contributed by atoms with E-state index in [1.807, 2.05) is 26.0 Å². The van der Waals surface area contributed by atoms with Gasteiger partial charge < -0.3 is 18.8 Å². The van der Waals surface area contributed by atoms with Crippen molar-refractivity contribution < 1.29 is 18.7 Å². The first-order valence-electron chi connectivity index (χ1n) is 8.45. The first-order chi connectivity index (χ1) is 11.9. The third-order valence-corrected chi connectivity index (χ3v) is 4.51. The Morgan fingerprint density at radius 1 is 1.20 bits per heavy atom. The van der Waals surface area contributed by atoms with Crippen molar-refractivity contribution in [1.29, 1.82) is 0 Å². The molecule has 134 valence electrons. The van der Waals surface area contributed by atoms with Gasteiger partial charge in [0.05, 0.1) is 19.9 Å². The molecule has 6 heteroatoms. The molecule has 6 nitrogen and oxygen atoms in total. The standard InChI is InChI=1S/C19H24N2O4/c1-11(2)17-18(25-12(3)20-17)19(22)21-7-6-13-8-15(23-4)16(24-5)9-14(13)10-21/h8-9,11H,6-7,10H2,1-5H3. The van der Waals surface area contributed by atoms with Crippen LogP contribution in [0, 0.1) is 6.92 Å². The van der Waals surface area contributed by atoms with Crippen LogP contribution in [-0.4, -0.2) is 36.6 Å². The van der Waals surface area contributed by atoms with Crippen LogP contribution < -0.4 is 9.47 Å². The zero-order valence-corrected chi connectivity index (χ0v) is 15.4. The third kappa shape index (κ3) is 3.21. The van der Waals surface area contributed by atoms with Crippen molar-refractivity contribution in [3.05, 3.63) is 40.6 Å². The molecule has 0 saturated heterocycles. The maximum absolute atomic E-state index is 13.0. The van der Waals surface area contributed by atoms with E-state index < -0.39 is 0 Å². The smallest absolute Gasteiger partial charge is 0.291 e. The van der Waals surface area contributed by atoms with Crippen molar-refractivity contribution in [1.82, 2.24) is 9.88 Å². The number of oxazole rings is 1. The highest BCUT2D eigenvalue weighted by Gasteiger charge is 2.29. The summed E-state index contributed by atoms with van der Waals surface area (Å²) in [7, 11) is 3.24. The van der Waals surface area contributed by atoms with E-state index in [-0.39, 0.29) is 11.8 Å². The number of fused-ring (bicyclic) bond motifs is 1. The Morgan fingerprint density at radius 2 is 1.84 bits per heavy atom. The lowest BCUT2D eigenvalue weighted by Crippen LogP contribution is -2.36. The SMILES string of the molecule is COc1cc2c(cc1OC)CN(C(=O)c1oc(C)nc1C(C)C)CC2. The Morgan fingerprint density at radius 3 is 2.44 bits per heavy atom. The number of ether oxygens (including phenoxy) is 2. The zero-order chi connectivity index (χ0) is 18.1. The maximum Gasteiger partial charge on any atom is 0.291 e. The van der Waals surface area contributed by atoms with Gasteiger partial charge in [-0.25, -0.2) is 4.98 Å². The average Bonchev–Trinajstić information content (AvgIpc) is 3.01. The molecule has 1 aromatic heterocycles. The molecule has 3 rings (SSSR count). The summed E-state index contributed by atoms with van der Waals surface area (Å²) in [5.41, 5.74) is 2.97. The fourth-order valence-electron chi connectivity index (χ4n) is 3.19. The molecule has 0 spiro atoms. The summed E-state index contributed by atoms with van der Waals surface area (Å²) in [6.45, 7) is 6.95. The van der Waals surface area contributed by atoms with Gasteiger partial charge in [0.2, 0.25) is 5.76 Å². The second-order valence-electron chi connectivity index (χ2n) is 6.55. The Hall–Kier alpha value is -2.50. The number of hydrogen-bond acceptors (Lipinski definition) is 5. The summed E-state index contributed by atoms with van der Waals surface area (Å²) >= 11 is 0. The van der Waals surface area contributed by atoms with Crippen LogP contribution in [0.5, 0.6) is 11.5 Å². The molecule has 0 aliphatic carbocycles. The summed E-state index contributed by atoms with van der Waals surface area (Å²) in [4.78, 5) is 19.1. The lowest BCUT2D eigenvalue weighted by Gasteiger charge is -2.29. The van der Waals surface area contributed by atoms with Crippen LogP contribution in [0.25, 0.3) is 0 Å². The maximum atomic E-state index is 13.0. The number of nitrogens with zero attached hydrogens (tertiary/aromatic N) is 2. The predicted molar refractivity (Wildman–Crippen MR) is 93.3 cm³/mol. The molecule has 1 aliphatic rings. The van der Waals surface area contributed by atoms with Gasteiger partial charge in [0.15, 0.2) is 17.4 Å². The minimum atomic E-state index is -0.107. The van der Waals surface area contributed by atoms with Crippen LogP contribution in [0.3, 0.4) is 0 Å². The van der Waals surface area contributed by atoms with Gasteiger partial charge in [0.1, 0.15) is 0 Å². The minimum Gasteiger partial charge on any atom is -0.493 e. The molecular weight excluding hydrogens is 320 g/mol. The van der Waals surface area contributed by atoms with Crippen molar-refractivity contribution in [2.24, 2.45) is 0 Å². The van der Waals surface area contributed by atoms with Gasteiger partial charge in [-0.15, -0.1) is 0 Å². The highest BCUT2D eigenvalue weighted by atomic mass is 16.5. The number of benzene rings is 1. The molecule has 0 fully saturated rings. The van der Waals surface area contributed by atoms with Crippen molar-refractivity contribution >= 4 is 5.91 Å². The number of hydrogen-bond donors (Lipinski definition) is 0. The second-order valence-corrected chi connectivity index (χ2v) is 6.55. The molecular formula is C19H24N2O4. The van der Waals surface area contributed by atoms with Gasteiger partial charge in [0.25, 0.3) is 5.91 Å². The highest BCUT2D eigenvalue weighted by Crippen LogP contribution is 2.34. The van der Waals surface area contributed by atoms with Gasteiger partial charge in [-0.3, -0.25) is 4.79 Å². The first-order valence-corrected chi connectivity index (χ1v) is 8.45. The number of methoxy groups -OCH3 is 2. The molecule has 1 aromatic carbocycles. The number of rotatable bonds is 4. The van der Waals surface area contributed by atoms with Gasteiger partial charge in [0, 0.05) is 20.0 Å². The van der Waals surface area contributed by atoms with Crippen LogP contribution in [0.15, 0.2) is 16.5 Å². The third-order valence-electron chi connectivity index (χ3n) is 4.51. The second kappa shape index (κ2) is 6.78. The number of amides is 1. The number of carbonyl (C=O) groups excluding carboxylic acids is 1. The van der Waals surface area contributed by atoms with E-state index in [1.165, 1.54) is 5.56 Å². The van der Waals surface area contributed by atoms with E-state index in [0.29, 0.717) is 36.2 Å². The van der Waals surface area contributed by atoms with Crippen LogP contribution in [0.4, 0.5) is 0 Å². The fraction of sp³-hybridized carbons (Fsp3) is 0.474. The summed E-state index contributed by atoms with van der Waals surface area (Å²) in [6, 6.07) is 3.94. The van der Waals surface area contributed by atoms with Crippen LogP contribution in [0.2, 0.25) is 0 Å². The van der Waals surface area contributed by atoms with E-state index >= 15 is 0 Å². The number of aryl methyl sites for hydroxylation is 1. The predicted octanol–water partition coefficient (Wildman–Crippen LogP) is 3.32. The Kier molecular flexibility index (Phi) is 4.70. The largest absolute Gasteiger partial charge is 0.493 e. The molecule has 0 saturated carbocycles. The summed E-state index contributed by atoms with van der Waals surface area (Å²) in [5, 5.41) is 0. The Labute approximate surface area is 147 Å². The van der Waals surface area contributed by atoms with E-state index in [0.717, 1.165) is 17.7 Å². The van der Waals surface area contributed by atoms with Crippen LogP contribution in [0.1, 0.15) is 53.0 Å². The molecule has 0 atom stereocenters. The van der Waals surface area contributed by atoms with Gasteiger partial charge >= 0.3 is 0 Å². The van der Waals surface area contributed by atoms with E-state index in [4.69, 9.17) is 13.9 Å². The molecule has 0 radical (unpaired) electrons. The van der Waals surface area contributed by atoms with Crippen molar-refractivity contribution in [2.45, 2.75) is 39.7 Å². The summed E-state index contributed by atoms with van der Waals surface area (Å²) in [5.74, 6) is 2.30. The van der Waals surface area contributed by atoms with Gasteiger partial charge in [-0.05, 0) is 35.6 Å². The zero-order valence-electron chi connectivity index (χ0n) is 15.4. The van der Waals surface area contributed by atoms with Gasteiger partial charge in [-0.2, -0.15) is 0 Å². The number of aromatic nitrogens is 1. The van der Waals surface area contributed by atoms with E-state index in [1.54, 1.807) is 26.0 Å². The molecule has 25 heavy (non-hydrogen) atoms. The molecule has 0 unspecified atom stereocenters. The van der Waals surface area contributed by atoms with E-state index in [2.05, 4.69) is 4.98 Å². The molecule has 0 N–H and O–H groups in total. The van der Waals surface area contributed by atoms with Crippen molar-refractivity contribution in [3.8, 4) is 11.5 Å². The summed E-state index contributed by atoms with van der Waals surface area (Å²) in [6.07, 6.45) is 0.769. The summed E-state index contributed by atoms with van der Waals surface area (Å²) < 4.78 is 16.4. The lowest BCUT2D eigenvalue weighted by molar-refractivity contribution is 0.0698. The first kappa shape index (κ1) is 17.3. The molecule has 0 bridgehead atoms. The van der Waals surface area contributed by atoms with E-state index in [9.17, 15) is 4.79 Å².